The molecule has 7 nitrogen and oxygen atoms in total. The van der Waals surface area contributed by atoms with E-state index < -0.39 is 17.8 Å². The molecular formula is C22H25ClN4O3S. The molecule has 0 radical (unpaired) electrons. The van der Waals surface area contributed by atoms with Crippen molar-refractivity contribution in [1.29, 1.82) is 0 Å². The Labute approximate surface area is 189 Å². The molecule has 1 unspecified atom stereocenters. The first-order chi connectivity index (χ1) is 14.9. The molecule has 5 rings (SSSR count). The summed E-state index contributed by atoms with van der Waals surface area (Å²) in [5.41, 5.74) is 2.03. The molecule has 0 bridgehead atoms. The van der Waals surface area contributed by atoms with Crippen LogP contribution in [0.15, 0.2) is 42.6 Å². The van der Waals surface area contributed by atoms with Crippen LogP contribution in [0.5, 0.6) is 0 Å². The number of aliphatic hydroxyl groups excluding tert-OH is 2. The molecule has 2 aromatic heterocycles. The summed E-state index contributed by atoms with van der Waals surface area (Å²) in [6.07, 6.45) is 2.05. The van der Waals surface area contributed by atoms with E-state index in [9.17, 15) is 10.2 Å². The normalized spacial score (nSPS) is 29.1. The van der Waals surface area contributed by atoms with Crippen LogP contribution < -0.4 is 5.32 Å². The van der Waals surface area contributed by atoms with Gasteiger partial charge < -0.3 is 20.3 Å². The summed E-state index contributed by atoms with van der Waals surface area (Å²) < 4.78 is 8.62. The third-order valence-electron chi connectivity index (χ3n) is 6.13. The van der Waals surface area contributed by atoms with E-state index in [2.05, 4.69) is 22.6 Å². The number of hydrogen-bond acceptors (Lipinski definition) is 7. The maximum absolute atomic E-state index is 10.5. The van der Waals surface area contributed by atoms with Gasteiger partial charge >= 0.3 is 0 Å². The molecule has 1 fully saturated rings. The third kappa shape index (κ3) is 4.04. The van der Waals surface area contributed by atoms with Gasteiger partial charge in [-0.1, -0.05) is 47.1 Å². The Morgan fingerprint density at radius 2 is 2.16 bits per heavy atom. The van der Waals surface area contributed by atoms with Gasteiger partial charge in [-0.05, 0) is 25.0 Å². The SMILES string of the molecule is C[C@H]1C[C@@]2(C[C@@H](c3cn(CC(O)c4ccccc4)nn3)N1)OC[C@@H](O)c1cc(Cl)sc12. The van der Waals surface area contributed by atoms with E-state index in [-0.39, 0.29) is 18.7 Å². The zero-order chi connectivity index (χ0) is 21.6. The molecule has 9 heteroatoms. The molecule has 2 aliphatic heterocycles. The standard InChI is InChI=1S/C22H25ClN4O3S/c1-13-8-22(21-15(7-20(23)31-21)19(29)12-30-22)9-16(24-13)17-10-27(26-25-17)11-18(28)14-5-3-2-4-6-14/h2-7,10,13,16,18-19,24,28-29H,8-9,11-12H2,1H3/t13-,16-,18?,19+,22-/m0/s1. The van der Waals surface area contributed by atoms with Crippen LogP contribution in [0.25, 0.3) is 0 Å². The van der Waals surface area contributed by atoms with Gasteiger partial charge in [0.25, 0.3) is 0 Å². The lowest BCUT2D eigenvalue weighted by atomic mass is 9.79. The number of benzene rings is 1. The van der Waals surface area contributed by atoms with Crippen LogP contribution in [0, 0.1) is 0 Å². The van der Waals surface area contributed by atoms with E-state index in [1.165, 1.54) is 11.3 Å². The van der Waals surface area contributed by atoms with Crippen molar-refractivity contribution in [2.45, 2.75) is 56.2 Å². The lowest BCUT2D eigenvalue weighted by molar-refractivity contribution is -0.129. The highest BCUT2D eigenvalue weighted by Crippen LogP contribution is 2.51. The fourth-order valence-electron chi connectivity index (χ4n) is 4.75. The van der Waals surface area contributed by atoms with E-state index in [1.54, 1.807) is 4.68 Å². The highest BCUT2D eigenvalue weighted by molar-refractivity contribution is 7.16. The van der Waals surface area contributed by atoms with Crippen LogP contribution in [0.2, 0.25) is 4.34 Å². The molecule has 0 saturated carbocycles. The highest BCUT2D eigenvalue weighted by atomic mass is 35.5. The van der Waals surface area contributed by atoms with Crippen LogP contribution in [0.3, 0.4) is 0 Å². The average molecular weight is 461 g/mol. The average Bonchev–Trinajstić information content (AvgIpc) is 3.39. The Hall–Kier alpha value is -1.81. The van der Waals surface area contributed by atoms with Crippen molar-refractivity contribution in [1.82, 2.24) is 20.3 Å². The van der Waals surface area contributed by atoms with Gasteiger partial charge in [0.2, 0.25) is 0 Å². The predicted octanol–water partition coefficient (Wildman–Crippen LogP) is 3.50. The number of piperidine rings is 1. The second-order valence-corrected chi connectivity index (χ2v) is 10.2. The summed E-state index contributed by atoms with van der Waals surface area (Å²) in [5.74, 6) is 0. The fraction of sp³-hybridized carbons (Fsp3) is 0.455. The number of aliphatic hydroxyl groups is 2. The van der Waals surface area contributed by atoms with Crippen molar-refractivity contribution in [2.24, 2.45) is 0 Å². The zero-order valence-electron chi connectivity index (χ0n) is 17.1. The lowest BCUT2D eigenvalue weighted by Gasteiger charge is -2.46. The molecule has 4 heterocycles. The van der Waals surface area contributed by atoms with E-state index >= 15 is 0 Å². The van der Waals surface area contributed by atoms with Crippen molar-refractivity contribution < 1.29 is 14.9 Å². The maximum Gasteiger partial charge on any atom is 0.106 e. The molecule has 0 amide bonds. The van der Waals surface area contributed by atoms with E-state index in [0.717, 1.165) is 28.1 Å². The number of thiophene rings is 1. The number of nitrogens with one attached hydrogen (secondary N) is 1. The Morgan fingerprint density at radius 3 is 2.97 bits per heavy atom. The van der Waals surface area contributed by atoms with E-state index in [0.29, 0.717) is 17.3 Å². The molecule has 164 valence electrons. The zero-order valence-corrected chi connectivity index (χ0v) is 18.7. The van der Waals surface area contributed by atoms with Gasteiger partial charge in [0.05, 0.1) is 41.5 Å². The quantitative estimate of drug-likeness (QED) is 0.552. The number of hydrogen-bond donors (Lipinski definition) is 3. The minimum absolute atomic E-state index is 0.0599. The second kappa shape index (κ2) is 8.27. The summed E-state index contributed by atoms with van der Waals surface area (Å²) in [5, 5.41) is 33.1. The first kappa shape index (κ1) is 21.1. The number of aromatic nitrogens is 3. The number of halogens is 1. The third-order valence-corrected chi connectivity index (χ3v) is 7.60. The summed E-state index contributed by atoms with van der Waals surface area (Å²) in [7, 11) is 0. The second-order valence-electron chi connectivity index (χ2n) is 8.48. The van der Waals surface area contributed by atoms with Crippen molar-refractivity contribution in [2.75, 3.05) is 6.61 Å². The van der Waals surface area contributed by atoms with Gasteiger partial charge in [0, 0.05) is 22.9 Å². The van der Waals surface area contributed by atoms with E-state index in [1.807, 2.05) is 42.6 Å². The minimum Gasteiger partial charge on any atom is -0.386 e. The first-order valence-corrected chi connectivity index (χ1v) is 11.6. The molecular weight excluding hydrogens is 436 g/mol. The molecule has 1 aromatic carbocycles. The number of nitrogens with zero attached hydrogens (tertiary/aromatic N) is 3. The molecule has 5 atom stereocenters. The van der Waals surface area contributed by atoms with Crippen LogP contribution in [0.1, 0.15) is 59.7 Å². The Balaban J connectivity index is 1.38. The van der Waals surface area contributed by atoms with Crippen LogP contribution in [0.4, 0.5) is 0 Å². The predicted molar refractivity (Wildman–Crippen MR) is 118 cm³/mol. The summed E-state index contributed by atoms with van der Waals surface area (Å²) in [4.78, 5) is 1.02. The summed E-state index contributed by atoms with van der Waals surface area (Å²) >= 11 is 7.79. The van der Waals surface area contributed by atoms with Gasteiger partial charge in [-0.15, -0.1) is 16.4 Å². The topological polar surface area (TPSA) is 92.4 Å². The van der Waals surface area contributed by atoms with Crippen LogP contribution >= 0.6 is 22.9 Å². The Morgan fingerprint density at radius 1 is 1.35 bits per heavy atom. The first-order valence-electron chi connectivity index (χ1n) is 10.4. The Kier molecular flexibility index (Phi) is 5.62. The molecule has 3 aromatic rings. The number of ether oxygens (including phenoxy) is 1. The van der Waals surface area contributed by atoms with Gasteiger partial charge in [-0.25, -0.2) is 4.68 Å². The van der Waals surface area contributed by atoms with Gasteiger partial charge in [0.1, 0.15) is 11.7 Å². The van der Waals surface area contributed by atoms with Gasteiger partial charge in [0.15, 0.2) is 0 Å². The minimum atomic E-state index is -0.653. The lowest BCUT2D eigenvalue weighted by Crippen LogP contribution is -2.50. The van der Waals surface area contributed by atoms with Crippen molar-refractivity contribution in [3.63, 3.8) is 0 Å². The smallest absolute Gasteiger partial charge is 0.106 e. The largest absolute Gasteiger partial charge is 0.386 e. The number of fused-ring (bicyclic) bond motifs is 2. The molecule has 2 aliphatic rings. The van der Waals surface area contributed by atoms with Crippen LogP contribution in [-0.4, -0.2) is 37.9 Å². The van der Waals surface area contributed by atoms with Crippen molar-refractivity contribution in [3.8, 4) is 0 Å². The Bertz CT molecular complexity index is 1060. The fourth-order valence-corrected chi connectivity index (χ4v) is 6.21. The summed E-state index contributed by atoms with van der Waals surface area (Å²) in [6, 6.07) is 11.5. The molecule has 3 N–H and O–H groups in total. The van der Waals surface area contributed by atoms with Crippen LogP contribution in [-0.2, 0) is 16.9 Å². The molecule has 31 heavy (non-hydrogen) atoms. The van der Waals surface area contributed by atoms with Gasteiger partial charge in [-0.3, -0.25) is 0 Å². The van der Waals surface area contributed by atoms with E-state index in [4.69, 9.17) is 16.3 Å². The monoisotopic (exact) mass is 460 g/mol. The number of rotatable bonds is 4. The highest BCUT2D eigenvalue weighted by Gasteiger charge is 2.48. The van der Waals surface area contributed by atoms with Gasteiger partial charge in [-0.2, -0.15) is 0 Å². The molecule has 1 spiro atoms. The maximum atomic E-state index is 10.5. The van der Waals surface area contributed by atoms with Crippen molar-refractivity contribution in [3.05, 3.63) is 68.6 Å². The molecule has 1 saturated heterocycles. The molecule has 0 aliphatic carbocycles. The summed E-state index contributed by atoms with van der Waals surface area (Å²) in [6.45, 7) is 2.72. The van der Waals surface area contributed by atoms with Crippen molar-refractivity contribution >= 4 is 22.9 Å².